The molecule has 0 spiro atoms. The lowest BCUT2D eigenvalue weighted by Crippen LogP contribution is -2.09. The SMILES string of the molecule is CCc1ccc(C(C)C)cc1-c1ccc(OC(=O)c2ccc(-c3ccc(N(c4ccccc4)c4ccc5ccccc5c4)cc3)cc2)cc1. The van der Waals surface area contributed by atoms with Crippen LogP contribution in [0.2, 0.25) is 0 Å². The second-order valence-electron chi connectivity index (χ2n) is 12.7. The topological polar surface area (TPSA) is 29.5 Å². The van der Waals surface area contributed by atoms with Crippen molar-refractivity contribution >= 4 is 33.8 Å². The van der Waals surface area contributed by atoms with Crippen LogP contribution in [0.15, 0.2) is 164 Å². The molecule has 7 aromatic rings. The number of rotatable bonds is 9. The zero-order valence-corrected chi connectivity index (χ0v) is 28.1. The van der Waals surface area contributed by atoms with Gasteiger partial charge in [0, 0.05) is 17.1 Å². The summed E-state index contributed by atoms with van der Waals surface area (Å²) in [6.45, 7) is 6.60. The number of benzene rings is 7. The molecule has 0 fully saturated rings. The Morgan fingerprint density at radius 2 is 1.16 bits per heavy atom. The molecular formula is C46H39NO2. The highest BCUT2D eigenvalue weighted by atomic mass is 16.5. The largest absolute Gasteiger partial charge is 0.423 e. The van der Waals surface area contributed by atoms with E-state index in [1.807, 2.05) is 54.6 Å². The molecule has 0 N–H and O–H groups in total. The summed E-state index contributed by atoms with van der Waals surface area (Å²) in [4.78, 5) is 15.4. The third kappa shape index (κ3) is 6.88. The van der Waals surface area contributed by atoms with Crippen LogP contribution >= 0.6 is 0 Å². The normalized spacial score (nSPS) is 11.1. The minimum Gasteiger partial charge on any atom is -0.423 e. The van der Waals surface area contributed by atoms with Crippen LogP contribution in [0.5, 0.6) is 5.75 Å². The summed E-state index contributed by atoms with van der Waals surface area (Å²) < 4.78 is 5.76. The molecule has 7 aromatic carbocycles. The lowest BCUT2D eigenvalue weighted by molar-refractivity contribution is 0.0735. The fourth-order valence-corrected chi connectivity index (χ4v) is 6.34. The zero-order chi connectivity index (χ0) is 33.7. The molecule has 49 heavy (non-hydrogen) atoms. The van der Waals surface area contributed by atoms with Crippen LogP contribution < -0.4 is 9.64 Å². The van der Waals surface area contributed by atoms with Crippen LogP contribution in [-0.2, 0) is 6.42 Å². The standard InChI is InChI=1S/C46H39NO2/c1-4-33-14-19-39(32(2)3)31-45(33)37-23-28-44(29-24-37)49-46(48)38-17-15-35(16-18-38)36-20-25-42(26-21-36)47(41-12-6-5-7-13-41)43-27-22-34-10-8-9-11-40(34)30-43/h5-32H,4H2,1-3H3. The number of hydrogen-bond donors (Lipinski definition) is 0. The first kappa shape index (κ1) is 31.7. The average Bonchev–Trinajstić information content (AvgIpc) is 3.15. The van der Waals surface area contributed by atoms with Gasteiger partial charge in [-0.1, -0.05) is 124 Å². The minimum atomic E-state index is -0.375. The van der Waals surface area contributed by atoms with Crippen molar-refractivity contribution in [1.29, 1.82) is 0 Å². The molecule has 3 heteroatoms. The molecule has 0 aromatic heterocycles. The molecule has 0 aliphatic carbocycles. The van der Waals surface area contributed by atoms with Crippen molar-refractivity contribution in [3.05, 3.63) is 180 Å². The molecule has 0 amide bonds. The Morgan fingerprint density at radius 3 is 1.84 bits per heavy atom. The van der Waals surface area contributed by atoms with Gasteiger partial charge in [-0.25, -0.2) is 4.79 Å². The maximum Gasteiger partial charge on any atom is 0.343 e. The van der Waals surface area contributed by atoms with E-state index in [0.717, 1.165) is 40.2 Å². The zero-order valence-electron chi connectivity index (χ0n) is 28.1. The first-order valence-electron chi connectivity index (χ1n) is 17.0. The van der Waals surface area contributed by atoms with Crippen molar-refractivity contribution in [2.75, 3.05) is 4.90 Å². The fraction of sp³-hybridized carbons (Fsp3) is 0.109. The molecule has 7 rings (SSSR count). The van der Waals surface area contributed by atoms with Crippen molar-refractivity contribution in [3.8, 4) is 28.0 Å². The number of carbonyl (C=O) groups is 1. The lowest BCUT2D eigenvalue weighted by atomic mass is 9.92. The third-order valence-electron chi connectivity index (χ3n) is 9.14. The number of carbonyl (C=O) groups excluding carboxylic acids is 1. The van der Waals surface area contributed by atoms with Gasteiger partial charge in [-0.15, -0.1) is 0 Å². The smallest absolute Gasteiger partial charge is 0.343 e. The molecule has 0 bridgehead atoms. The maximum atomic E-state index is 13.1. The van der Waals surface area contributed by atoms with E-state index in [-0.39, 0.29) is 5.97 Å². The summed E-state index contributed by atoms with van der Waals surface area (Å²) in [5, 5.41) is 2.42. The Balaban J connectivity index is 1.07. The summed E-state index contributed by atoms with van der Waals surface area (Å²) in [6.07, 6.45) is 0.960. The summed E-state index contributed by atoms with van der Waals surface area (Å²) >= 11 is 0. The number of nitrogens with zero attached hydrogens (tertiary/aromatic N) is 1. The average molecular weight is 638 g/mol. The van der Waals surface area contributed by atoms with Gasteiger partial charge in [0.1, 0.15) is 5.75 Å². The molecule has 3 nitrogen and oxygen atoms in total. The molecule has 0 aliphatic heterocycles. The molecule has 0 atom stereocenters. The van der Waals surface area contributed by atoms with E-state index in [2.05, 4.69) is 135 Å². The second kappa shape index (κ2) is 14.0. The molecule has 240 valence electrons. The third-order valence-corrected chi connectivity index (χ3v) is 9.14. The number of fused-ring (bicyclic) bond motifs is 1. The van der Waals surface area contributed by atoms with Gasteiger partial charge >= 0.3 is 5.97 Å². The Labute approximate surface area is 289 Å². The number of esters is 1. The lowest BCUT2D eigenvalue weighted by Gasteiger charge is -2.26. The van der Waals surface area contributed by atoms with E-state index in [4.69, 9.17) is 4.74 Å². The van der Waals surface area contributed by atoms with Crippen molar-refractivity contribution < 1.29 is 9.53 Å². The molecule has 0 radical (unpaired) electrons. The summed E-state index contributed by atoms with van der Waals surface area (Å²) in [5.41, 5.74) is 10.8. The molecule has 0 saturated heterocycles. The highest BCUT2D eigenvalue weighted by Gasteiger charge is 2.15. The van der Waals surface area contributed by atoms with Crippen LogP contribution in [0.25, 0.3) is 33.0 Å². The molecule has 0 saturated carbocycles. The monoisotopic (exact) mass is 637 g/mol. The maximum absolute atomic E-state index is 13.1. The quantitative estimate of drug-likeness (QED) is 0.116. The molecule has 0 unspecified atom stereocenters. The number of anilines is 3. The predicted molar refractivity (Wildman–Crippen MR) is 204 cm³/mol. The first-order valence-corrected chi connectivity index (χ1v) is 17.0. The van der Waals surface area contributed by atoms with Crippen LogP contribution in [0, 0.1) is 0 Å². The van der Waals surface area contributed by atoms with Crippen molar-refractivity contribution in [3.63, 3.8) is 0 Å². The van der Waals surface area contributed by atoms with E-state index in [0.29, 0.717) is 17.2 Å². The Kier molecular flexibility index (Phi) is 9.08. The van der Waals surface area contributed by atoms with Crippen LogP contribution in [0.1, 0.15) is 48.2 Å². The van der Waals surface area contributed by atoms with Gasteiger partial charge in [-0.05, 0) is 117 Å². The highest BCUT2D eigenvalue weighted by Crippen LogP contribution is 2.37. The van der Waals surface area contributed by atoms with E-state index in [9.17, 15) is 4.79 Å². The fourth-order valence-electron chi connectivity index (χ4n) is 6.34. The van der Waals surface area contributed by atoms with Crippen molar-refractivity contribution in [2.45, 2.75) is 33.1 Å². The highest BCUT2D eigenvalue weighted by molar-refractivity contribution is 5.92. The molecule has 0 heterocycles. The summed E-state index contributed by atoms with van der Waals surface area (Å²) in [7, 11) is 0. The number of para-hydroxylation sites is 1. The van der Waals surface area contributed by atoms with Gasteiger partial charge in [-0.3, -0.25) is 0 Å². The predicted octanol–water partition coefficient (Wildman–Crippen LogP) is 12.5. The molecular weight excluding hydrogens is 599 g/mol. The second-order valence-corrected chi connectivity index (χ2v) is 12.7. The van der Waals surface area contributed by atoms with Gasteiger partial charge in [0.15, 0.2) is 0 Å². The van der Waals surface area contributed by atoms with Crippen LogP contribution in [0.4, 0.5) is 17.1 Å². The van der Waals surface area contributed by atoms with Gasteiger partial charge in [0.05, 0.1) is 5.56 Å². The van der Waals surface area contributed by atoms with Gasteiger partial charge in [0.2, 0.25) is 0 Å². The van der Waals surface area contributed by atoms with E-state index in [1.165, 1.54) is 27.5 Å². The number of ether oxygens (including phenoxy) is 1. The van der Waals surface area contributed by atoms with Gasteiger partial charge < -0.3 is 9.64 Å². The van der Waals surface area contributed by atoms with E-state index >= 15 is 0 Å². The van der Waals surface area contributed by atoms with E-state index < -0.39 is 0 Å². The van der Waals surface area contributed by atoms with Crippen LogP contribution in [0.3, 0.4) is 0 Å². The molecule has 0 aliphatic rings. The Bertz CT molecular complexity index is 2200. The Morgan fingerprint density at radius 1 is 0.571 bits per heavy atom. The number of hydrogen-bond acceptors (Lipinski definition) is 3. The van der Waals surface area contributed by atoms with Crippen LogP contribution in [-0.4, -0.2) is 5.97 Å². The van der Waals surface area contributed by atoms with Crippen molar-refractivity contribution in [1.82, 2.24) is 0 Å². The Hall–Kier alpha value is -5.93. The van der Waals surface area contributed by atoms with Gasteiger partial charge in [-0.2, -0.15) is 0 Å². The summed E-state index contributed by atoms with van der Waals surface area (Å²) in [5.74, 6) is 0.613. The minimum absolute atomic E-state index is 0.375. The summed E-state index contributed by atoms with van der Waals surface area (Å²) in [6, 6.07) is 56.1. The number of aryl methyl sites for hydroxylation is 1. The first-order chi connectivity index (χ1) is 24.0. The van der Waals surface area contributed by atoms with E-state index in [1.54, 1.807) is 0 Å². The van der Waals surface area contributed by atoms with Crippen molar-refractivity contribution in [2.24, 2.45) is 0 Å². The van der Waals surface area contributed by atoms with Gasteiger partial charge in [0.25, 0.3) is 0 Å².